The SMILES string of the molecule is CC(C)c1cccc2c(S(=O)(=O)O)cccc12. The van der Waals surface area contributed by atoms with E-state index >= 15 is 0 Å². The van der Waals surface area contributed by atoms with Crippen molar-refractivity contribution in [3.8, 4) is 0 Å². The van der Waals surface area contributed by atoms with Crippen molar-refractivity contribution in [3.05, 3.63) is 42.0 Å². The Morgan fingerprint density at radius 1 is 1.00 bits per heavy atom. The molecule has 0 atom stereocenters. The first-order chi connectivity index (χ1) is 7.91. The summed E-state index contributed by atoms with van der Waals surface area (Å²) >= 11 is 0. The van der Waals surface area contributed by atoms with Crippen molar-refractivity contribution in [1.29, 1.82) is 0 Å². The van der Waals surface area contributed by atoms with E-state index in [0.29, 0.717) is 11.3 Å². The zero-order valence-electron chi connectivity index (χ0n) is 9.71. The van der Waals surface area contributed by atoms with Crippen LogP contribution in [0.5, 0.6) is 0 Å². The van der Waals surface area contributed by atoms with Gasteiger partial charge in [0.05, 0.1) is 0 Å². The minimum absolute atomic E-state index is 0.0301. The Morgan fingerprint density at radius 3 is 2.18 bits per heavy atom. The van der Waals surface area contributed by atoms with Crippen LogP contribution < -0.4 is 0 Å². The molecule has 0 unspecified atom stereocenters. The van der Waals surface area contributed by atoms with Gasteiger partial charge in [0.2, 0.25) is 0 Å². The Kier molecular flexibility index (Phi) is 2.93. The van der Waals surface area contributed by atoms with E-state index in [9.17, 15) is 13.0 Å². The molecule has 3 nitrogen and oxygen atoms in total. The van der Waals surface area contributed by atoms with Gasteiger partial charge in [0.25, 0.3) is 10.1 Å². The van der Waals surface area contributed by atoms with Crippen LogP contribution in [0.25, 0.3) is 10.8 Å². The quantitative estimate of drug-likeness (QED) is 0.833. The monoisotopic (exact) mass is 250 g/mol. The second-order valence-electron chi connectivity index (χ2n) is 4.33. The Morgan fingerprint density at radius 2 is 1.59 bits per heavy atom. The van der Waals surface area contributed by atoms with E-state index in [1.54, 1.807) is 12.1 Å². The molecule has 2 aromatic carbocycles. The number of benzene rings is 2. The van der Waals surface area contributed by atoms with Gasteiger partial charge in [-0.25, -0.2) is 0 Å². The van der Waals surface area contributed by atoms with Crippen LogP contribution in [0.15, 0.2) is 41.3 Å². The number of hydrogen-bond acceptors (Lipinski definition) is 2. The molecule has 0 heterocycles. The fourth-order valence-electron chi connectivity index (χ4n) is 2.03. The fourth-order valence-corrected chi connectivity index (χ4v) is 2.74. The maximum Gasteiger partial charge on any atom is 0.295 e. The van der Waals surface area contributed by atoms with Crippen molar-refractivity contribution in [2.24, 2.45) is 0 Å². The predicted molar refractivity (Wildman–Crippen MR) is 67.9 cm³/mol. The van der Waals surface area contributed by atoms with Crippen LogP contribution in [0.1, 0.15) is 25.3 Å². The maximum absolute atomic E-state index is 11.3. The summed E-state index contributed by atoms with van der Waals surface area (Å²) in [7, 11) is -4.17. The van der Waals surface area contributed by atoms with E-state index in [-0.39, 0.29) is 4.90 Å². The van der Waals surface area contributed by atoms with Crippen LogP contribution in [-0.4, -0.2) is 13.0 Å². The van der Waals surface area contributed by atoms with E-state index in [1.165, 1.54) is 6.07 Å². The molecule has 0 aliphatic carbocycles. The molecule has 90 valence electrons. The number of rotatable bonds is 2. The Hall–Kier alpha value is -1.39. The molecule has 0 aliphatic rings. The first-order valence-electron chi connectivity index (χ1n) is 5.40. The van der Waals surface area contributed by atoms with Crippen LogP contribution >= 0.6 is 0 Å². The molecule has 4 heteroatoms. The molecule has 2 rings (SSSR count). The standard InChI is InChI=1S/C13H14O3S/c1-9(2)10-5-3-7-12-11(10)6-4-8-13(12)17(14,15)16/h3-9H,1-2H3,(H,14,15,16). The largest absolute Gasteiger partial charge is 0.295 e. The van der Waals surface area contributed by atoms with Gasteiger partial charge in [0, 0.05) is 5.39 Å². The Balaban J connectivity index is 2.89. The highest BCUT2D eigenvalue weighted by atomic mass is 32.2. The molecule has 17 heavy (non-hydrogen) atoms. The van der Waals surface area contributed by atoms with Gasteiger partial charge in [-0.15, -0.1) is 0 Å². The third-order valence-electron chi connectivity index (χ3n) is 2.82. The third kappa shape index (κ3) is 2.18. The topological polar surface area (TPSA) is 54.4 Å². The molecule has 0 aliphatic heterocycles. The van der Waals surface area contributed by atoms with Crippen LogP contribution in [0.2, 0.25) is 0 Å². The van der Waals surface area contributed by atoms with Crippen molar-refractivity contribution in [2.45, 2.75) is 24.7 Å². The summed E-state index contributed by atoms with van der Waals surface area (Å²) in [5.41, 5.74) is 1.08. The maximum atomic E-state index is 11.3. The molecule has 0 amide bonds. The molecular formula is C13H14O3S. The minimum atomic E-state index is -4.17. The van der Waals surface area contributed by atoms with Crippen molar-refractivity contribution in [2.75, 3.05) is 0 Å². The first-order valence-corrected chi connectivity index (χ1v) is 6.84. The Labute approximate surface area is 101 Å². The van der Waals surface area contributed by atoms with E-state index in [2.05, 4.69) is 13.8 Å². The van der Waals surface area contributed by atoms with Crippen molar-refractivity contribution >= 4 is 20.9 Å². The van der Waals surface area contributed by atoms with Crippen molar-refractivity contribution in [3.63, 3.8) is 0 Å². The normalized spacial score (nSPS) is 12.2. The van der Waals surface area contributed by atoms with Gasteiger partial charge in [-0.1, -0.05) is 44.2 Å². The molecule has 0 saturated carbocycles. The van der Waals surface area contributed by atoms with Gasteiger partial charge in [0.15, 0.2) is 0 Å². The molecule has 1 N–H and O–H groups in total. The molecule has 2 aromatic rings. The van der Waals surface area contributed by atoms with E-state index in [1.807, 2.05) is 18.2 Å². The summed E-state index contributed by atoms with van der Waals surface area (Å²) in [6.07, 6.45) is 0. The minimum Gasteiger partial charge on any atom is -0.282 e. The zero-order chi connectivity index (χ0) is 12.6. The van der Waals surface area contributed by atoms with Gasteiger partial charge >= 0.3 is 0 Å². The average Bonchev–Trinajstić information content (AvgIpc) is 2.26. The second-order valence-corrected chi connectivity index (χ2v) is 5.72. The van der Waals surface area contributed by atoms with E-state index in [0.717, 1.165) is 10.9 Å². The van der Waals surface area contributed by atoms with E-state index < -0.39 is 10.1 Å². The number of fused-ring (bicyclic) bond motifs is 1. The molecule has 0 bridgehead atoms. The lowest BCUT2D eigenvalue weighted by Crippen LogP contribution is -2.00. The highest BCUT2D eigenvalue weighted by Crippen LogP contribution is 2.29. The summed E-state index contributed by atoms with van der Waals surface area (Å²) in [6.45, 7) is 4.10. The van der Waals surface area contributed by atoms with Crippen LogP contribution in [0.3, 0.4) is 0 Å². The summed E-state index contributed by atoms with van der Waals surface area (Å²) in [6, 6.07) is 10.4. The summed E-state index contributed by atoms with van der Waals surface area (Å²) in [5, 5.41) is 1.44. The van der Waals surface area contributed by atoms with Gasteiger partial charge in [-0.05, 0) is 22.9 Å². The summed E-state index contributed by atoms with van der Waals surface area (Å²) in [5.74, 6) is 0.301. The van der Waals surface area contributed by atoms with Crippen molar-refractivity contribution in [1.82, 2.24) is 0 Å². The second kappa shape index (κ2) is 4.13. The van der Waals surface area contributed by atoms with E-state index in [4.69, 9.17) is 0 Å². The lowest BCUT2D eigenvalue weighted by molar-refractivity contribution is 0.484. The molecule has 0 fully saturated rings. The molecule has 0 aromatic heterocycles. The Bertz CT molecular complexity index is 657. The van der Waals surface area contributed by atoms with Gasteiger partial charge in [0.1, 0.15) is 4.90 Å². The highest BCUT2D eigenvalue weighted by Gasteiger charge is 2.15. The summed E-state index contributed by atoms with van der Waals surface area (Å²) in [4.78, 5) is -0.0301. The zero-order valence-corrected chi connectivity index (χ0v) is 10.5. The third-order valence-corrected chi connectivity index (χ3v) is 3.73. The highest BCUT2D eigenvalue weighted by molar-refractivity contribution is 7.86. The lowest BCUT2D eigenvalue weighted by atomic mass is 9.96. The summed E-state index contributed by atoms with van der Waals surface area (Å²) < 4.78 is 31.8. The molecule has 0 radical (unpaired) electrons. The number of hydrogen-bond donors (Lipinski definition) is 1. The molecule has 0 spiro atoms. The van der Waals surface area contributed by atoms with Gasteiger partial charge in [-0.2, -0.15) is 8.42 Å². The van der Waals surface area contributed by atoms with Gasteiger partial charge < -0.3 is 0 Å². The van der Waals surface area contributed by atoms with Crippen LogP contribution in [-0.2, 0) is 10.1 Å². The van der Waals surface area contributed by atoms with Crippen LogP contribution in [0.4, 0.5) is 0 Å². The first kappa shape index (κ1) is 12.1. The van der Waals surface area contributed by atoms with Crippen LogP contribution in [0, 0.1) is 0 Å². The lowest BCUT2D eigenvalue weighted by Gasteiger charge is -2.11. The molecular weight excluding hydrogens is 236 g/mol. The smallest absolute Gasteiger partial charge is 0.282 e. The fraction of sp³-hybridized carbons (Fsp3) is 0.231. The molecule has 0 saturated heterocycles. The van der Waals surface area contributed by atoms with Crippen molar-refractivity contribution < 1.29 is 13.0 Å². The van der Waals surface area contributed by atoms with Gasteiger partial charge in [-0.3, -0.25) is 4.55 Å². The predicted octanol–water partition coefficient (Wildman–Crippen LogP) is 3.21. The average molecular weight is 250 g/mol.